The molecule has 0 spiro atoms. The SMILES string of the molecule is COC(=O)[C@@H]1CCCN1C(=O)[C@@H](CC(=O)c1cccc(N2CCOCC2)c1)C(C)C. The number of esters is 1. The molecule has 2 fully saturated rings. The van der Waals surface area contributed by atoms with Gasteiger partial charge in [0.15, 0.2) is 5.78 Å². The van der Waals surface area contributed by atoms with E-state index in [9.17, 15) is 14.4 Å². The van der Waals surface area contributed by atoms with E-state index in [0.717, 1.165) is 25.2 Å². The Morgan fingerprint density at radius 3 is 2.57 bits per heavy atom. The maximum atomic E-state index is 13.2. The zero-order valence-electron chi connectivity index (χ0n) is 18.1. The summed E-state index contributed by atoms with van der Waals surface area (Å²) in [5.41, 5.74) is 1.62. The molecule has 3 rings (SSSR count). The van der Waals surface area contributed by atoms with Crippen LogP contribution < -0.4 is 4.90 Å². The van der Waals surface area contributed by atoms with Crippen molar-refractivity contribution in [3.63, 3.8) is 0 Å². The van der Waals surface area contributed by atoms with Gasteiger partial charge in [-0.05, 0) is 30.9 Å². The molecule has 30 heavy (non-hydrogen) atoms. The Balaban J connectivity index is 1.72. The summed E-state index contributed by atoms with van der Waals surface area (Å²) in [6.45, 7) is 7.39. The molecule has 1 aromatic carbocycles. The predicted octanol–water partition coefficient (Wildman–Crippen LogP) is 2.53. The number of ketones is 1. The lowest BCUT2D eigenvalue weighted by Crippen LogP contribution is -2.45. The van der Waals surface area contributed by atoms with E-state index in [1.807, 2.05) is 32.0 Å². The molecule has 2 aliphatic heterocycles. The maximum Gasteiger partial charge on any atom is 0.328 e. The van der Waals surface area contributed by atoms with E-state index in [1.165, 1.54) is 7.11 Å². The number of hydrogen-bond acceptors (Lipinski definition) is 6. The highest BCUT2D eigenvalue weighted by molar-refractivity contribution is 5.99. The quantitative estimate of drug-likeness (QED) is 0.502. The molecule has 0 saturated carbocycles. The third-order valence-electron chi connectivity index (χ3n) is 6.08. The van der Waals surface area contributed by atoms with Crippen LogP contribution in [0, 0.1) is 11.8 Å². The number of rotatable bonds is 7. The Kier molecular flexibility index (Phi) is 7.48. The molecule has 1 aromatic rings. The van der Waals surface area contributed by atoms with Crippen LogP contribution in [0.5, 0.6) is 0 Å². The van der Waals surface area contributed by atoms with Gasteiger partial charge in [0, 0.05) is 43.2 Å². The second kappa shape index (κ2) is 10.1. The molecule has 0 aromatic heterocycles. The molecule has 0 aliphatic carbocycles. The van der Waals surface area contributed by atoms with Crippen molar-refractivity contribution in [2.24, 2.45) is 11.8 Å². The van der Waals surface area contributed by atoms with Crippen LogP contribution in [0.3, 0.4) is 0 Å². The number of methoxy groups -OCH3 is 1. The first kappa shape index (κ1) is 22.3. The molecule has 2 aliphatic rings. The second-order valence-electron chi connectivity index (χ2n) is 8.34. The number of Topliss-reactive ketones (excluding diaryl/α,β-unsaturated/α-hetero) is 1. The Hall–Kier alpha value is -2.41. The van der Waals surface area contributed by atoms with Gasteiger partial charge in [0.1, 0.15) is 6.04 Å². The number of nitrogens with zero attached hydrogens (tertiary/aromatic N) is 2. The number of benzene rings is 1. The Bertz CT molecular complexity index is 773. The third-order valence-corrected chi connectivity index (χ3v) is 6.08. The van der Waals surface area contributed by atoms with Crippen molar-refractivity contribution in [3.8, 4) is 0 Å². The predicted molar refractivity (Wildman–Crippen MR) is 114 cm³/mol. The van der Waals surface area contributed by atoms with Crippen molar-refractivity contribution < 1.29 is 23.9 Å². The monoisotopic (exact) mass is 416 g/mol. The number of carbonyl (C=O) groups excluding carboxylic acids is 3. The van der Waals surface area contributed by atoms with Crippen molar-refractivity contribution in [2.75, 3.05) is 44.9 Å². The number of likely N-dealkylation sites (tertiary alicyclic amines) is 1. The Morgan fingerprint density at radius 2 is 1.90 bits per heavy atom. The molecule has 0 bridgehead atoms. The molecule has 1 amide bonds. The summed E-state index contributed by atoms with van der Waals surface area (Å²) in [6.07, 6.45) is 1.51. The number of ether oxygens (including phenoxy) is 2. The van der Waals surface area contributed by atoms with E-state index in [-0.39, 0.29) is 30.0 Å². The molecule has 164 valence electrons. The minimum Gasteiger partial charge on any atom is -0.467 e. The van der Waals surface area contributed by atoms with Gasteiger partial charge in [-0.1, -0.05) is 26.0 Å². The lowest BCUT2D eigenvalue weighted by atomic mass is 9.87. The summed E-state index contributed by atoms with van der Waals surface area (Å²) >= 11 is 0. The number of amides is 1. The van der Waals surface area contributed by atoms with E-state index in [1.54, 1.807) is 11.0 Å². The van der Waals surface area contributed by atoms with Gasteiger partial charge in [-0.15, -0.1) is 0 Å². The fraction of sp³-hybridized carbons (Fsp3) is 0.609. The molecule has 0 N–H and O–H groups in total. The van der Waals surface area contributed by atoms with Gasteiger partial charge in [-0.3, -0.25) is 9.59 Å². The zero-order chi connectivity index (χ0) is 21.7. The highest BCUT2D eigenvalue weighted by Crippen LogP contribution is 2.27. The van der Waals surface area contributed by atoms with Crippen molar-refractivity contribution in [1.29, 1.82) is 0 Å². The Labute approximate surface area is 178 Å². The van der Waals surface area contributed by atoms with Crippen LogP contribution in [0.4, 0.5) is 5.69 Å². The van der Waals surface area contributed by atoms with Crippen molar-refractivity contribution in [1.82, 2.24) is 4.90 Å². The summed E-state index contributed by atoms with van der Waals surface area (Å²) in [7, 11) is 1.34. The number of morpholine rings is 1. The second-order valence-corrected chi connectivity index (χ2v) is 8.34. The molecule has 2 saturated heterocycles. The fourth-order valence-corrected chi connectivity index (χ4v) is 4.25. The number of anilines is 1. The van der Waals surface area contributed by atoms with Gasteiger partial charge in [0.25, 0.3) is 0 Å². The van der Waals surface area contributed by atoms with E-state index in [2.05, 4.69) is 4.90 Å². The standard InChI is InChI=1S/C23H32N2O5/c1-16(2)19(22(27)25-9-5-8-20(25)23(28)29-3)15-21(26)17-6-4-7-18(14-17)24-10-12-30-13-11-24/h4,6-7,14,16,19-20H,5,8-13,15H2,1-3H3/t19-,20-/m0/s1. The lowest BCUT2D eigenvalue weighted by Gasteiger charge is -2.30. The highest BCUT2D eigenvalue weighted by atomic mass is 16.5. The number of carbonyl (C=O) groups is 3. The largest absolute Gasteiger partial charge is 0.467 e. The van der Waals surface area contributed by atoms with Crippen LogP contribution >= 0.6 is 0 Å². The molecule has 2 atom stereocenters. The molecule has 2 heterocycles. The van der Waals surface area contributed by atoms with E-state index >= 15 is 0 Å². The summed E-state index contributed by atoms with van der Waals surface area (Å²) in [5.74, 6) is -1.04. The van der Waals surface area contributed by atoms with Crippen molar-refractivity contribution in [2.45, 2.75) is 39.2 Å². The highest BCUT2D eigenvalue weighted by Gasteiger charge is 2.39. The molecule has 7 nitrogen and oxygen atoms in total. The van der Waals surface area contributed by atoms with Crippen molar-refractivity contribution >= 4 is 23.3 Å². The molecule has 0 unspecified atom stereocenters. The lowest BCUT2D eigenvalue weighted by molar-refractivity contribution is -0.152. The van der Waals surface area contributed by atoms with Crippen LogP contribution in [0.2, 0.25) is 0 Å². The first-order valence-corrected chi connectivity index (χ1v) is 10.8. The van der Waals surface area contributed by atoms with E-state index < -0.39 is 12.0 Å². The molecule has 0 radical (unpaired) electrons. The summed E-state index contributed by atoms with van der Waals surface area (Å²) < 4.78 is 10.3. The minimum atomic E-state index is -0.538. The maximum absolute atomic E-state index is 13.2. The molecular weight excluding hydrogens is 384 g/mol. The number of hydrogen-bond donors (Lipinski definition) is 0. The minimum absolute atomic E-state index is 0.0113. The van der Waals surface area contributed by atoms with Gasteiger partial charge in [-0.2, -0.15) is 0 Å². The fourth-order valence-electron chi connectivity index (χ4n) is 4.25. The average molecular weight is 417 g/mol. The first-order valence-electron chi connectivity index (χ1n) is 10.8. The zero-order valence-corrected chi connectivity index (χ0v) is 18.1. The first-order chi connectivity index (χ1) is 14.4. The van der Waals surface area contributed by atoms with Crippen LogP contribution in [0.15, 0.2) is 24.3 Å². The summed E-state index contributed by atoms with van der Waals surface area (Å²) in [4.78, 5) is 42.2. The summed E-state index contributed by atoms with van der Waals surface area (Å²) in [5, 5.41) is 0. The van der Waals surface area contributed by atoms with Crippen LogP contribution in [0.25, 0.3) is 0 Å². The average Bonchev–Trinajstić information content (AvgIpc) is 3.27. The summed E-state index contributed by atoms with van der Waals surface area (Å²) in [6, 6.07) is 7.06. The van der Waals surface area contributed by atoms with Crippen LogP contribution in [-0.2, 0) is 19.1 Å². The van der Waals surface area contributed by atoms with Crippen LogP contribution in [-0.4, -0.2) is 68.6 Å². The smallest absolute Gasteiger partial charge is 0.328 e. The Morgan fingerprint density at radius 1 is 1.17 bits per heavy atom. The topological polar surface area (TPSA) is 76.2 Å². The molecule has 7 heteroatoms. The third kappa shape index (κ3) is 5.01. The van der Waals surface area contributed by atoms with Crippen molar-refractivity contribution in [3.05, 3.63) is 29.8 Å². The van der Waals surface area contributed by atoms with E-state index in [4.69, 9.17) is 9.47 Å². The van der Waals surface area contributed by atoms with Gasteiger partial charge in [0.05, 0.1) is 20.3 Å². The van der Waals surface area contributed by atoms with Gasteiger partial charge >= 0.3 is 5.97 Å². The molecular formula is C23H32N2O5. The van der Waals surface area contributed by atoms with Gasteiger partial charge < -0.3 is 19.3 Å². The van der Waals surface area contributed by atoms with Gasteiger partial charge in [-0.25, -0.2) is 4.79 Å². The van der Waals surface area contributed by atoms with Gasteiger partial charge in [0.2, 0.25) is 5.91 Å². The normalized spacial score (nSPS) is 20.3. The van der Waals surface area contributed by atoms with E-state index in [0.29, 0.717) is 31.7 Å². The van der Waals surface area contributed by atoms with Crippen LogP contribution in [0.1, 0.15) is 43.5 Å².